The van der Waals surface area contributed by atoms with Crippen LogP contribution in [-0.4, -0.2) is 22.1 Å². The number of halogens is 10. The number of nitrogens with zero attached hydrogens (tertiary/aromatic N) is 1. The van der Waals surface area contributed by atoms with Crippen molar-refractivity contribution in [2.24, 2.45) is 0 Å². The van der Waals surface area contributed by atoms with E-state index in [0.717, 1.165) is 23.1 Å². The van der Waals surface area contributed by atoms with Crippen LogP contribution in [0.1, 0.15) is 53.3 Å². The normalized spacial score (nSPS) is 17.8. The summed E-state index contributed by atoms with van der Waals surface area (Å²) >= 11 is 0. The van der Waals surface area contributed by atoms with Crippen LogP contribution in [0.4, 0.5) is 48.7 Å². The molecule has 3 aromatic carbocycles. The zero-order valence-corrected chi connectivity index (χ0v) is 22.2. The van der Waals surface area contributed by atoms with Gasteiger partial charge in [-0.15, -0.1) is 0 Å². The molecule has 1 N–H and O–H groups in total. The molecule has 14 heteroatoms. The molecule has 0 unspecified atom stereocenters. The third-order valence-electron chi connectivity index (χ3n) is 6.94. The average molecular weight is 621 g/mol. The van der Waals surface area contributed by atoms with E-state index in [4.69, 9.17) is 4.74 Å². The van der Waals surface area contributed by atoms with Crippen molar-refractivity contribution in [3.63, 3.8) is 0 Å². The number of carbonyl (C=O) groups excluding carboxylic acids is 1. The zero-order chi connectivity index (χ0) is 32.2. The van der Waals surface area contributed by atoms with Gasteiger partial charge in [0.2, 0.25) is 0 Å². The van der Waals surface area contributed by atoms with Crippen LogP contribution in [-0.2, 0) is 29.8 Å². The van der Waals surface area contributed by atoms with E-state index in [1.54, 1.807) is 0 Å². The maximum absolute atomic E-state index is 14.4. The highest BCUT2D eigenvalue weighted by Gasteiger charge is 2.44. The van der Waals surface area contributed by atoms with Crippen LogP contribution in [0.25, 0.3) is 16.7 Å². The monoisotopic (exact) mass is 621 g/mol. The zero-order valence-electron chi connectivity index (χ0n) is 22.2. The molecule has 1 aliphatic rings. The molecule has 1 heterocycles. The van der Waals surface area contributed by atoms with Gasteiger partial charge >= 0.3 is 24.6 Å². The second-order valence-electron chi connectivity index (χ2n) is 10.0. The molecular weight excluding hydrogens is 600 g/mol. The summed E-state index contributed by atoms with van der Waals surface area (Å²) in [5, 5.41) is 10.5. The van der Waals surface area contributed by atoms with Gasteiger partial charge in [-0.3, -0.25) is 4.90 Å². The van der Waals surface area contributed by atoms with Gasteiger partial charge in [0.1, 0.15) is 17.7 Å². The van der Waals surface area contributed by atoms with Gasteiger partial charge in [0, 0.05) is 17.2 Å². The molecule has 0 bridgehead atoms. The molecule has 1 saturated heterocycles. The van der Waals surface area contributed by atoms with Crippen LogP contribution in [0, 0.1) is 5.82 Å². The predicted octanol–water partition coefficient (Wildman–Crippen LogP) is 9.37. The van der Waals surface area contributed by atoms with Crippen molar-refractivity contribution >= 4 is 11.7 Å². The van der Waals surface area contributed by atoms with E-state index < -0.39 is 77.1 Å². The molecule has 43 heavy (non-hydrogen) atoms. The Balaban J connectivity index is 1.80. The lowest BCUT2D eigenvalue weighted by Crippen LogP contribution is -2.32. The molecule has 0 aliphatic carbocycles. The number of hydrogen-bond donors (Lipinski definition) is 1. The molecule has 1 amide bonds. The van der Waals surface area contributed by atoms with Crippen LogP contribution in [0.2, 0.25) is 0 Å². The topological polar surface area (TPSA) is 49.8 Å². The summed E-state index contributed by atoms with van der Waals surface area (Å²) in [7, 11) is 0. The number of ether oxygens (including phenoxy) is 1. The summed E-state index contributed by atoms with van der Waals surface area (Å²) < 4.78 is 141. The first kappa shape index (κ1) is 31.7. The lowest BCUT2D eigenvalue weighted by molar-refractivity contribution is -0.143. The Kier molecular flexibility index (Phi) is 7.96. The molecular formula is C29H21F10NO3. The van der Waals surface area contributed by atoms with Crippen molar-refractivity contribution in [1.29, 1.82) is 0 Å². The van der Waals surface area contributed by atoms with Crippen molar-refractivity contribution in [3.8, 4) is 16.9 Å². The number of amides is 1. The molecule has 0 radical (unpaired) electrons. The number of carbonyl (C=O) groups is 1. The molecule has 4 nitrogen and oxygen atoms in total. The molecule has 2 atom stereocenters. The first-order valence-corrected chi connectivity index (χ1v) is 12.3. The molecule has 0 spiro atoms. The van der Waals surface area contributed by atoms with Gasteiger partial charge in [0.05, 0.1) is 29.3 Å². The summed E-state index contributed by atoms with van der Waals surface area (Å²) in [6, 6.07) is 3.68. The minimum atomic E-state index is -5.17. The van der Waals surface area contributed by atoms with Gasteiger partial charge in [-0.1, -0.05) is 12.6 Å². The molecule has 0 saturated carbocycles. The number of allylic oxidation sites excluding steroid dienone is 1. The molecule has 4 rings (SSSR count). The van der Waals surface area contributed by atoms with E-state index in [0.29, 0.717) is 24.3 Å². The fourth-order valence-corrected chi connectivity index (χ4v) is 4.76. The molecule has 1 fully saturated rings. The van der Waals surface area contributed by atoms with Crippen molar-refractivity contribution in [1.82, 2.24) is 4.90 Å². The predicted molar refractivity (Wildman–Crippen MR) is 134 cm³/mol. The third-order valence-corrected chi connectivity index (χ3v) is 6.94. The number of alkyl halides is 9. The Labute approximate surface area is 237 Å². The van der Waals surface area contributed by atoms with Gasteiger partial charge in [0.25, 0.3) is 0 Å². The highest BCUT2D eigenvalue weighted by Crippen LogP contribution is 2.43. The quantitative estimate of drug-likeness (QED) is 0.289. The summed E-state index contributed by atoms with van der Waals surface area (Å²) in [4.78, 5) is 13.7. The van der Waals surface area contributed by atoms with E-state index >= 15 is 0 Å². The fraction of sp³-hybridized carbons (Fsp3) is 0.276. The average Bonchev–Trinajstić information content (AvgIpc) is 3.15. The van der Waals surface area contributed by atoms with Gasteiger partial charge in [-0.25, -0.2) is 9.18 Å². The third kappa shape index (κ3) is 6.42. The van der Waals surface area contributed by atoms with E-state index in [2.05, 4.69) is 6.58 Å². The SMILES string of the molecule is C=C(C)c1cc(-c2ccc(C(F)(F)F)cc2CN2C(=O)O[C@H](c3cc(C(F)(F)F)cc(C(F)(F)F)c3)[C@@H]2C)c(O)cc1F. The fourth-order valence-electron chi connectivity index (χ4n) is 4.76. The van der Waals surface area contributed by atoms with Crippen LogP contribution in [0.3, 0.4) is 0 Å². The number of hydrogen-bond acceptors (Lipinski definition) is 3. The molecule has 0 aromatic heterocycles. The highest BCUT2D eigenvalue weighted by atomic mass is 19.4. The van der Waals surface area contributed by atoms with Crippen LogP contribution >= 0.6 is 0 Å². The Morgan fingerprint density at radius 2 is 1.42 bits per heavy atom. The minimum absolute atomic E-state index is 0.0577. The minimum Gasteiger partial charge on any atom is -0.507 e. The lowest BCUT2D eigenvalue weighted by Gasteiger charge is -2.24. The second kappa shape index (κ2) is 10.8. The van der Waals surface area contributed by atoms with E-state index in [9.17, 15) is 53.8 Å². The Bertz CT molecular complexity index is 1560. The largest absolute Gasteiger partial charge is 0.507 e. The first-order valence-electron chi connectivity index (χ1n) is 12.3. The maximum atomic E-state index is 14.4. The maximum Gasteiger partial charge on any atom is 0.416 e. The standard InChI is InChI=1S/C29H21F10NO3/c1-13(2)21-10-22(24(41)11-23(21)30)20-5-4-17(27(31,32)33)8-16(20)12-40-14(3)25(43-26(40)42)15-6-18(28(34,35)36)9-19(7-15)29(37,38)39/h4-11,14,25,41H,1,12H2,2-3H3/t14-,25-/m0/s1. The van der Waals surface area contributed by atoms with Crippen LogP contribution in [0.15, 0.2) is 55.1 Å². The van der Waals surface area contributed by atoms with Gasteiger partial charge in [-0.2, -0.15) is 39.5 Å². The summed E-state index contributed by atoms with van der Waals surface area (Å²) in [6.07, 6.45) is -18.1. The number of rotatable bonds is 5. The molecule has 1 aliphatic heterocycles. The van der Waals surface area contributed by atoms with Gasteiger partial charge in [-0.05, 0) is 72.5 Å². The summed E-state index contributed by atoms with van der Waals surface area (Å²) in [5.41, 5.74) is -5.30. The molecule has 3 aromatic rings. The van der Waals surface area contributed by atoms with Crippen LogP contribution < -0.4 is 0 Å². The lowest BCUT2D eigenvalue weighted by atomic mass is 9.93. The Morgan fingerprint density at radius 1 is 0.860 bits per heavy atom. The van der Waals surface area contributed by atoms with Crippen molar-refractivity contribution in [2.45, 2.75) is 51.1 Å². The second-order valence-corrected chi connectivity index (χ2v) is 10.0. The van der Waals surface area contributed by atoms with Gasteiger partial charge < -0.3 is 9.84 Å². The Morgan fingerprint density at radius 3 is 1.93 bits per heavy atom. The smallest absolute Gasteiger partial charge is 0.416 e. The molecule has 230 valence electrons. The summed E-state index contributed by atoms with van der Waals surface area (Å²) in [5.74, 6) is -1.51. The number of phenolic OH excluding ortho intramolecular Hbond substituents is 1. The van der Waals surface area contributed by atoms with E-state index in [-0.39, 0.29) is 33.9 Å². The van der Waals surface area contributed by atoms with Gasteiger partial charge in [0.15, 0.2) is 0 Å². The Hall–Kier alpha value is -4.23. The highest BCUT2D eigenvalue weighted by molar-refractivity contribution is 5.79. The van der Waals surface area contributed by atoms with Crippen molar-refractivity contribution < 1.29 is 58.5 Å². The first-order chi connectivity index (χ1) is 19.7. The van der Waals surface area contributed by atoms with E-state index in [1.807, 2.05) is 0 Å². The van der Waals surface area contributed by atoms with Crippen LogP contribution in [0.5, 0.6) is 5.75 Å². The summed E-state index contributed by atoms with van der Waals surface area (Å²) in [6.45, 7) is 5.65. The van der Waals surface area contributed by atoms with Crippen molar-refractivity contribution in [2.75, 3.05) is 0 Å². The number of benzene rings is 3. The number of aromatic hydroxyl groups is 1. The number of cyclic esters (lactones) is 1. The number of phenols is 1. The van der Waals surface area contributed by atoms with E-state index in [1.165, 1.54) is 13.8 Å². The van der Waals surface area contributed by atoms with Crippen molar-refractivity contribution in [3.05, 3.63) is 94.3 Å².